The number of amides is 2. The van der Waals surface area contributed by atoms with E-state index in [4.69, 9.17) is 51.1 Å². The van der Waals surface area contributed by atoms with Crippen molar-refractivity contribution >= 4 is 22.5 Å². The first-order chi connectivity index (χ1) is 17.9. The molecule has 20 heteroatoms. The van der Waals surface area contributed by atoms with E-state index in [1.165, 1.54) is 0 Å². The number of fused-ring (bicyclic) bond motifs is 2. The molecule has 2 heterocycles. The Balaban J connectivity index is 0.000000227. The minimum Gasteiger partial charge on any atom is -0.358 e. The number of H-pyrrole nitrogens is 1. The van der Waals surface area contributed by atoms with Gasteiger partial charge in [-0.1, -0.05) is 6.08 Å². The monoisotopic (exact) mass is 584 g/mol. The second-order valence-corrected chi connectivity index (χ2v) is 8.96. The summed E-state index contributed by atoms with van der Waals surface area (Å²) in [4.78, 5) is 13.2. The van der Waals surface area contributed by atoms with Crippen LogP contribution in [0.5, 0.6) is 0 Å². The molecule has 0 spiro atoms. The smallest absolute Gasteiger partial charge is 0.355 e. The fraction of sp³-hybridized carbons (Fsp3) is 0.450. The highest BCUT2D eigenvalue weighted by Gasteiger charge is 2.66. The van der Waals surface area contributed by atoms with Gasteiger partial charge in [-0.25, -0.2) is 23.4 Å². The van der Waals surface area contributed by atoms with Gasteiger partial charge in [0.1, 0.15) is 11.6 Å². The lowest BCUT2D eigenvalue weighted by Crippen LogP contribution is -2.78. The second-order valence-electron chi connectivity index (χ2n) is 8.96. The predicted molar refractivity (Wildman–Crippen MR) is 119 cm³/mol. The maximum atomic E-state index is 14.4. The molecule has 0 radical (unpaired) electrons. The quantitative estimate of drug-likeness (QED) is 0.145. The summed E-state index contributed by atoms with van der Waals surface area (Å²) >= 11 is 0. The maximum Gasteiger partial charge on any atom is 0.355 e. The van der Waals surface area contributed by atoms with Crippen molar-refractivity contribution in [3.8, 4) is 0 Å². The standard InChI is InChI=1S/C15H14F2N2O3.C5H12N2O11/c16-9-5-10(17)14-12-7(6-18-14)4-11-8(13(9)12)2-1-3-19(11)15(20,21)22;6-1(8)7(2(9,10)4(13,14)15)3(11,12)5(16,17)18/h2,5-6,11,18,20-22H,1,3-4H2;9-18H,(H2,6,8). The summed E-state index contributed by atoms with van der Waals surface area (Å²) in [5, 5.41) is 116. The highest BCUT2D eigenvalue weighted by molar-refractivity contribution is 5.98. The molecule has 1 unspecified atom stereocenters. The third kappa shape index (κ3) is 5.25. The SMILES string of the molecule is NC(=O)N(C(O)(O)C(O)(O)O)C(O)(O)C(O)(O)O.OC(O)(O)N1CCC=C2c3c(F)cc(F)c4[nH]cc(c34)CC21. The number of urea groups is 1. The first-order valence-corrected chi connectivity index (χ1v) is 10.9. The van der Waals surface area contributed by atoms with Gasteiger partial charge in [0.25, 0.3) is 0 Å². The number of aromatic nitrogens is 1. The molecular weight excluding hydrogens is 558 g/mol. The van der Waals surface area contributed by atoms with E-state index in [1.54, 1.807) is 12.3 Å². The van der Waals surface area contributed by atoms with E-state index < -0.39 is 58.5 Å². The van der Waals surface area contributed by atoms with E-state index >= 15 is 0 Å². The van der Waals surface area contributed by atoms with Crippen LogP contribution in [-0.4, -0.2) is 130 Å². The van der Waals surface area contributed by atoms with Gasteiger partial charge < -0.3 is 77.1 Å². The zero-order valence-electron chi connectivity index (χ0n) is 19.9. The van der Waals surface area contributed by atoms with Crippen LogP contribution in [0.15, 0.2) is 18.3 Å². The Morgan fingerprint density at radius 1 is 0.925 bits per heavy atom. The third-order valence-corrected chi connectivity index (χ3v) is 6.24. The lowest BCUT2D eigenvalue weighted by atomic mass is 9.81. The average molecular weight is 584 g/mol. The number of carbonyl (C=O) groups is 1. The van der Waals surface area contributed by atoms with Crippen LogP contribution in [0.2, 0.25) is 0 Å². The van der Waals surface area contributed by atoms with Crippen molar-refractivity contribution in [2.24, 2.45) is 5.73 Å². The van der Waals surface area contributed by atoms with Gasteiger partial charge >= 0.3 is 35.9 Å². The second kappa shape index (κ2) is 9.86. The van der Waals surface area contributed by atoms with Crippen LogP contribution in [0, 0.1) is 11.6 Å². The predicted octanol–water partition coefficient (Wildman–Crippen LogP) is -6.05. The van der Waals surface area contributed by atoms with Gasteiger partial charge in [-0.15, -0.1) is 0 Å². The molecule has 18 nitrogen and oxygen atoms in total. The Morgan fingerprint density at radius 3 is 1.90 bits per heavy atom. The zero-order valence-corrected chi connectivity index (χ0v) is 19.9. The van der Waals surface area contributed by atoms with Crippen LogP contribution in [0.4, 0.5) is 13.6 Å². The van der Waals surface area contributed by atoms with Crippen LogP contribution < -0.4 is 5.73 Å². The van der Waals surface area contributed by atoms with Crippen molar-refractivity contribution in [1.29, 1.82) is 0 Å². The molecule has 0 bridgehead atoms. The molecule has 0 saturated heterocycles. The number of nitrogens with two attached hydrogens (primary N) is 1. The number of aliphatic hydroxyl groups is 13. The Labute approximate surface area is 220 Å². The molecule has 16 N–H and O–H groups in total. The van der Waals surface area contributed by atoms with Gasteiger partial charge in [0.15, 0.2) is 0 Å². The highest BCUT2D eigenvalue weighted by atomic mass is 19.1. The zero-order chi connectivity index (χ0) is 30.8. The van der Waals surface area contributed by atoms with E-state index in [1.807, 2.05) is 0 Å². The number of halogens is 2. The number of primary amides is 1. The molecule has 1 aromatic carbocycles. The molecule has 1 aliphatic carbocycles. The molecule has 224 valence electrons. The number of rotatable bonds is 5. The van der Waals surface area contributed by atoms with Gasteiger partial charge in [0.2, 0.25) is 0 Å². The van der Waals surface area contributed by atoms with Crippen molar-refractivity contribution < 1.29 is 80.0 Å². The third-order valence-electron chi connectivity index (χ3n) is 6.24. The molecule has 0 fully saturated rings. The van der Waals surface area contributed by atoms with Crippen LogP contribution in [0.3, 0.4) is 0 Å². The minimum atomic E-state index is -4.64. The number of nitrogens with zero attached hydrogens (tertiary/aromatic N) is 2. The molecular formula is C20H26F2N4O14. The first kappa shape index (κ1) is 31.6. The number of carbonyl (C=O) groups excluding carboxylic acids is 1. The molecule has 0 saturated carbocycles. The summed E-state index contributed by atoms with van der Waals surface area (Å²) in [5.74, 6) is -19.8. The molecule has 2 aliphatic rings. The van der Waals surface area contributed by atoms with Gasteiger partial charge in [0, 0.05) is 35.8 Å². The Kier molecular flexibility index (Phi) is 7.79. The minimum absolute atomic E-state index is 0.226. The van der Waals surface area contributed by atoms with Crippen molar-refractivity contribution in [3.63, 3.8) is 0 Å². The van der Waals surface area contributed by atoms with E-state index in [0.29, 0.717) is 29.4 Å². The number of nitrogens with one attached hydrogen (secondary N) is 1. The van der Waals surface area contributed by atoms with Gasteiger partial charge in [-0.2, -0.15) is 0 Å². The molecule has 40 heavy (non-hydrogen) atoms. The molecule has 4 rings (SSSR count). The number of benzene rings is 1. The Bertz CT molecular complexity index is 1300. The number of hydrogen-bond donors (Lipinski definition) is 15. The largest absolute Gasteiger partial charge is 0.358 e. The van der Waals surface area contributed by atoms with Crippen LogP contribution in [-0.2, 0) is 6.42 Å². The number of hydrogen-bond acceptors (Lipinski definition) is 15. The summed E-state index contributed by atoms with van der Waals surface area (Å²) in [5.41, 5.74) is 6.11. The molecule has 2 aromatic rings. The van der Waals surface area contributed by atoms with Crippen molar-refractivity contribution in [2.75, 3.05) is 6.54 Å². The van der Waals surface area contributed by atoms with Crippen molar-refractivity contribution in [3.05, 3.63) is 41.1 Å². The van der Waals surface area contributed by atoms with Crippen molar-refractivity contribution in [1.82, 2.24) is 14.8 Å². The maximum absolute atomic E-state index is 14.4. The van der Waals surface area contributed by atoms with Crippen LogP contribution >= 0.6 is 0 Å². The summed E-state index contributed by atoms with van der Waals surface area (Å²) < 4.78 is 28.2. The van der Waals surface area contributed by atoms with Gasteiger partial charge in [-0.05, 0) is 24.0 Å². The van der Waals surface area contributed by atoms with Crippen molar-refractivity contribution in [2.45, 2.75) is 48.7 Å². The molecule has 2 amide bonds. The van der Waals surface area contributed by atoms with E-state index in [2.05, 4.69) is 10.7 Å². The molecule has 1 aromatic heterocycles. The van der Waals surface area contributed by atoms with Gasteiger partial charge in [-0.3, -0.25) is 0 Å². The van der Waals surface area contributed by atoms with E-state index in [-0.39, 0.29) is 17.6 Å². The molecule has 1 atom stereocenters. The average Bonchev–Trinajstić information content (AvgIpc) is 3.18. The number of aromatic amines is 1. The topological polar surface area (TPSA) is 328 Å². The fourth-order valence-electron chi connectivity index (χ4n) is 4.46. The van der Waals surface area contributed by atoms with E-state index in [0.717, 1.165) is 11.0 Å². The Hall–Kier alpha value is -2.93. The summed E-state index contributed by atoms with van der Waals surface area (Å²) in [7, 11) is 0. The van der Waals surface area contributed by atoms with Gasteiger partial charge in [0.05, 0.1) is 5.52 Å². The lowest BCUT2D eigenvalue weighted by molar-refractivity contribution is -0.550. The normalized spacial score (nSPS) is 18.6. The lowest BCUT2D eigenvalue weighted by Gasteiger charge is -2.45. The molecule has 1 aliphatic heterocycles. The first-order valence-electron chi connectivity index (χ1n) is 10.9. The van der Waals surface area contributed by atoms with Crippen LogP contribution in [0.1, 0.15) is 17.5 Å². The Morgan fingerprint density at radius 2 is 1.45 bits per heavy atom. The summed E-state index contributed by atoms with van der Waals surface area (Å²) in [6.45, 7) is 0.226. The summed E-state index contributed by atoms with van der Waals surface area (Å²) in [6.07, 6.45) is 1.17. The highest BCUT2D eigenvalue weighted by Crippen LogP contribution is 2.43. The van der Waals surface area contributed by atoms with E-state index in [9.17, 15) is 28.9 Å². The fourth-order valence-corrected chi connectivity index (χ4v) is 4.46. The van der Waals surface area contributed by atoms with Crippen LogP contribution in [0.25, 0.3) is 16.5 Å². The summed E-state index contributed by atoms with van der Waals surface area (Å²) in [6, 6.07) is -2.07.